The first-order valence-electron chi connectivity index (χ1n) is 11.7. The molecule has 1 fully saturated rings. The molecule has 3 aliphatic carbocycles. The molecule has 2 aromatic carbocycles. The van der Waals surface area contributed by atoms with Crippen molar-refractivity contribution in [1.82, 2.24) is 0 Å². The van der Waals surface area contributed by atoms with E-state index < -0.39 is 51.9 Å². The zero-order chi connectivity index (χ0) is 25.9. The largest absolute Gasteiger partial charge is 0.508 e. The normalized spacial score (nSPS) is 25.3. The molecule has 8 heteroatoms. The summed E-state index contributed by atoms with van der Waals surface area (Å²) in [6, 6.07) is 11.9. The molecule has 1 saturated carbocycles. The molecule has 0 saturated heterocycles. The lowest BCUT2D eigenvalue weighted by molar-refractivity contribution is -0.147. The van der Waals surface area contributed by atoms with Gasteiger partial charge >= 0.3 is 0 Å². The molecule has 0 heterocycles. The average molecular weight is 488 g/mol. The Bertz CT molecular complexity index is 1410. The van der Waals surface area contributed by atoms with Crippen LogP contribution in [0.3, 0.4) is 0 Å². The number of allylic oxidation sites excluding steroid dienone is 1. The molecule has 184 valence electrons. The van der Waals surface area contributed by atoms with Gasteiger partial charge in [0.25, 0.3) is 0 Å². The van der Waals surface area contributed by atoms with Crippen molar-refractivity contribution in [2.45, 2.75) is 38.2 Å². The second-order valence-electron chi connectivity index (χ2n) is 9.67. The summed E-state index contributed by atoms with van der Waals surface area (Å²) in [4.78, 5) is 51.2. The molecule has 8 nitrogen and oxygen atoms in total. The molecule has 0 aromatic heterocycles. The van der Waals surface area contributed by atoms with E-state index in [0.717, 1.165) is 12.5 Å². The van der Waals surface area contributed by atoms with Gasteiger partial charge in [0.05, 0.1) is 5.56 Å². The number of carbonyl (C=O) groups excluding carboxylic acids is 4. The molecular weight excluding hydrogens is 464 g/mol. The Morgan fingerprint density at radius 1 is 1.00 bits per heavy atom. The van der Waals surface area contributed by atoms with Crippen molar-refractivity contribution in [2.24, 2.45) is 11.8 Å². The molecule has 36 heavy (non-hydrogen) atoms. The first-order valence-corrected chi connectivity index (χ1v) is 11.7. The van der Waals surface area contributed by atoms with E-state index >= 15 is 0 Å². The zero-order valence-corrected chi connectivity index (χ0v) is 19.4. The monoisotopic (exact) mass is 488 g/mol. The number of benzene rings is 2. The highest BCUT2D eigenvalue weighted by Crippen LogP contribution is 2.52. The number of fused-ring (bicyclic) bond motifs is 3. The number of rotatable bonds is 4. The molecule has 4 N–H and O–H groups in total. The van der Waals surface area contributed by atoms with E-state index in [9.17, 15) is 39.6 Å². The van der Waals surface area contributed by atoms with E-state index in [-0.39, 0.29) is 48.4 Å². The summed E-state index contributed by atoms with van der Waals surface area (Å²) < 4.78 is 0. The molecule has 2 aromatic rings. The Labute approximate surface area is 206 Å². The number of carbonyl (C=O) groups is 4. The van der Waals surface area contributed by atoms with Crippen LogP contribution < -0.4 is 0 Å². The van der Waals surface area contributed by atoms with Gasteiger partial charge in [-0.05, 0) is 48.9 Å². The molecule has 0 spiro atoms. The van der Waals surface area contributed by atoms with Gasteiger partial charge in [0, 0.05) is 29.9 Å². The first kappa shape index (κ1) is 23.7. The summed E-state index contributed by atoms with van der Waals surface area (Å²) in [5.41, 5.74) is -1.96. The zero-order valence-electron chi connectivity index (χ0n) is 19.4. The highest BCUT2D eigenvalue weighted by atomic mass is 16.3. The van der Waals surface area contributed by atoms with Crippen molar-refractivity contribution in [3.05, 3.63) is 81.6 Å². The third kappa shape index (κ3) is 3.32. The Kier molecular flexibility index (Phi) is 5.44. The van der Waals surface area contributed by atoms with Crippen LogP contribution in [0.4, 0.5) is 0 Å². The SMILES string of the molecule is CC(=O)C1=C(O)[C@@]2(O)C(=O)C3=C(O)c4c(O)ccc(C(=O)Cc5ccccc5)c4C[C@H]3C[C@H]2CC1=O. The molecule has 0 aliphatic heterocycles. The van der Waals surface area contributed by atoms with Gasteiger partial charge in [-0.2, -0.15) is 0 Å². The third-order valence-electron chi connectivity index (χ3n) is 7.56. The molecule has 0 radical (unpaired) electrons. The van der Waals surface area contributed by atoms with Gasteiger partial charge in [-0.25, -0.2) is 0 Å². The Morgan fingerprint density at radius 2 is 1.69 bits per heavy atom. The highest BCUT2D eigenvalue weighted by Gasteiger charge is 2.60. The lowest BCUT2D eigenvalue weighted by atomic mass is 9.59. The van der Waals surface area contributed by atoms with Gasteiger partial charge in [0.2, 0.25) is 5.78 Å². The van der Waals surface area contributed by atoms with E-state index in [2.05, 4.69) is 0 Å². The predicted octanol–water partition coefficient (Wildman–Crippen LogP) is 2.95. The van der Waals surface area contributed by atoms with Crippen LogP contribution in [0.5, 0.6) is 5.75 Å². The first-order chi connectivity index (χ1) is 17.1. The van der Waals surface area contributed by atoms with Crippen LogP contribution in [-0.4, -0.2) is 49.2 Å². The number of hydrogen-bond acceptors (Lipinski definition) is 8. The summed E-state index contributed by atoms with van der Waals surface area (Å²) in [6.45, 7) is 1.06. The van der Waals surface area contributed by atoms with Crippen LogP contribution >= 0.6 is 0 Å². The minimum Gasteiger partial charge on any atom is -0.508 e. The van der Waals surface area contributed by atoms with E-state index in [1.165, 1.54) is 12.1 Å². The maximum absolute atomic E-state index is 13.6. The van der Waals surface area contributed by atoms with Gasteiger partial charge < -0.3 is 20.4 Å². The van der Waals surface area contributed by atoms with E-state index in [1.54, 1.807) is 0 Å². The second-order valence-corrected chi connectivity index (χ2v) is 9.67. The molecule has 5 rings (SSSR count). The van der Waals surface area contributed by atoms with Gasteiger partial charge in [0.15, 0.2) is 23.0 Å². The van der Waals surface area contributed by atoms with Gasteiger partial charge in [-0.3, -0.25) is 19.2 Å². The molecule has 3 atom stereocenters. The average Bonchev–Trinajstić information content (AvgIpc) is 2.82. The van der Waals surface area contributed by atoms with Crippen LogP contribution in [-0.2, 0) is 27.2 Å². The van der Waals surface area contributed by atoms with Crippen LogP contribution in [0, 0.1) is 11.8 Å². The predicted molar refractivity (Wildman–Crippen MR) is 127 cm³/mol. The van der Waals surface area contributed by atoms with Crippen molar-refractivity contribution in [2.75, 3.05) is 0 Å². The lowest BCUT2D eigenvalue weighted by Gasteiger charge is -2.46. The fraction of sp³-hybridized carbons (Fsp3) is 0.286. The standard InChI is InChI=1S/C28H24O8/c1-13(29)22-21(32)12-16-10-15-11-18-17(20(31)9-14-5-3-2-4-6-14)7-8-19(30)24(18)25(33)23(15)27(35)28(16,36)26(22)34/h2-8,15-16,30,33-34,36H,9-12H2,1H3/t15-,16+,28-/m1/s1. The van der Waals surface area contributed by atoms with Crippen LogP contribution in [0.2, 0.25) is 0 Å². The minimum absolute atomic E-state index is 0.0457. The van der Waals surface area contributed by atoms with Gasteiger partial charge in [-0.15, -0.1) is 0 Å². The number of phenolic OH excluding ortho intramolecular Hbond substituents is 1. The van der Waals surface area contributed by atoms with Crippen molar-refractivity contribution in [1.29, 1.82) is 0 Å². The number of aromatic hydroxyl groups is 1. The molecule has 3 aliphatic rings. The highest BCUT2D eigenvalue weighted by molar-refractivity contribution is 6.23. The van der Waals surface area contributed by atoms with Gasteiger partial charge in [-0.1, -0.05) is 30.3 Å². The van der Waals surface area contributed by atoms with Crippen molar-refractivity contribution in [3.8, 4) is 5.75 Å². The van der Waals surface area contributed by atoms with E-state index in [4.69, 9.17) is 0 Å². The fourth-order valence-electron chi connectivity index (χ4n) is 5.87. The van der Waals surface area contributed by atoms with Crippen LogP contribution in [0.25, 0.3) is 5.76 Å². The van der Waals surface area contributed by atoms with E-state index in [1.807, 2.05) is 30.3 Å². The summed E-state index contributed by atoms with van der Waals surface area (Å²) >= 11 is 0. The molecular formula is C28H24O8. The lowest BCUT2D eigenvalue weighted by Crippen LogP contribution is -2.57. The number of ketones is 4. The summed E-state index contributed by atoms with van der Waals surface area (Å²) in [7, 11) is 0. The molecule has 0 unspecified atom stereocenters. The fourth-order valence-corrected chi connectivity index (χ4v) is 5.87. The third-order valence-corrected chi connectivity index (χ3v) is 7.56. The number of Topliss-reactive ketones (excluding diaryl/α,β-unsaturated/α-hetero) is 4. The quantitative estimate of drug-likeness (QED) is 0.379. The Morgan fingerprint density at radius 3 is 2.36 bits per heavy atom. The van der Waals surface area contributed by atoms with Crippen LogP contribution in [0.15, 0.2) is 59.4 Å². The van der Waals surface area contributed by atoms with Crippen molar-refractivity contribution < 1.29 is 39.6 Å². The number of hydrogen-bond donors (Lipinski definition) is 4. The smallest absolute Gasteiger partial charge is 0.202 e. The number of aliphatic hydroxyl groups is 3. The topological polar surface area (TPSA) is 149 Å². The molecule has 0 bridgehead atoms. The maximum Gasteiger partial charge on any atom is 0.202 e. The number of aliphatic hydroxyl groups excluding tert-OH is 2. The van der Waals surface area contributed by atoms with Crippen molar-refractivity contribution >= 4 is 28.9 Å². The van der Waals surface area contributed by atoms with Crippen molar-refractivity contribution in [3.63, 3.8) is 0 Å². The van der Waals surface area contributed by atoms with Gasteiger partial charge in [0.1, 0.15) is 22.8 Å². The Balaban J connectivity index is 1.62. The number of phenols is 1. The summed E-state index contributed by atoms with van der Waals surface area (Å²) in [6.07, 6.45) is -0.0691. The second kappa shape index (κ2) is 8.27. The maximum atomic E-state index is 13.6. The molecule has 0 amide bonds. The van der Waals surface area contributed by atoms with Crippen LogP contribution in [0.1, 0.15) is 46.8 Å². The minimum atomic E-state index is -2.54. The Hall–Kier alpha value is -4.04. The summed E-state index contributed by atoms with van der Waals surface area (Å²) in [5.74, 6) is -6.28. The summed E-state index contributed by atoms with van der Waals surface area (Å²) in [5, 5.41) is 43.7. The van der Waals surface area contributed by atoms with E-state index in [0.29, 0.717) is 11.1 Å².